The fourth-order valence-electron chi connectivity index (χ4n) is 2.85. The molecule has 1 heterocycles. The summed E-state index contributed by atoms with van der Waals surface area (Å²) in [5, 5.41) is 5.48. The Morgan fingerprint density at radius 2 is 1.85 bits per heavy atom. The van der Waals surface area contributed by atoms with E-state index >= 15 is 0 Å². The zero-order chi connectivity index (χ0) is 19.5. The number of rotatable bonds is 6. The molecule has 1 aliphatic heterocycles. The molecule has 1 aromatic rings. The van der Waals surface area contributed by atoms with E-state index in [1.807, 2.05) is 45.0 Å². The van der Waals surface area contributed by atoms with Gasteiger partial charge in [0.05, 0.1) is 7.11 Å². The number of amides is 4. The predicted molar refractivity (Wildman–Crippen MR) is 97.9 cm³/mol. The molecule has 7 heteroatoms. The smallest absolute Gasteiger partial charge is 0.325 e. The summed E-state index contributed by atoms with van der Waals surface area (Å²) < 4.78 is 5.13. The first-order chi connectivity index (χ1) is 12.0. The van der Waals surface area contributed by atoms with Gasteiger partial charge in [-0.1, -0.05) is 12.1 Å². The molecule has 0 unspecified atom stereocenters. The Morgan fingerprint density at radius 1 is 1.23 bits per heavy atom. The lowest BCUT2D eigenvalue weighted by Gasteiger charge is -2.23. The minimum absolute atomic E-state index is 0.278. The van der Waals surface area contributed by atoms with E-state index in [9.17, 15) is 14.4 Å². The van der Waals surface area contributed by atoms with Gasteiger partial charge in [0.2, 0.25) is 5.91 Å². The number of nitrogens with zero attached hydrogens (tertiary/aromatic N) is 1. The highest BCUT2D eigenvalue weighted by Gasteiger charge is 2.47. The second-order valence-electron chi connectivity index (χ2n) is 7.80. The molecule has 142 valence electrons. The summed E-state index contributed by atoms with van der Waals surface area (Å²) in [4.78, 5) is 37.9. The van der Waals surface area contributed by atoms with Gasteiger partial charge < -0.3 is 15.4 Å². The molecule has 1 aliphatic rings. The van der Waals surface area contributed by atoms with Gasteiger partial charge in [-0.25, -0.2) is 4.79 Å². The molecule has 0 aliphatic carbocycles. The maximum atomic E-state index is 12.7. The number of nitrogens with one attached hydrogen (secondary N) is 2. The van der Waals surface area contributed by atoms with Crippen LogP contribution in [0.2, 0.25) is 0 Å². The van der Waals surface area contributed by atoms with Crippen LogP contribution in [-0.4, -0.2) is 47.5 Å². The third kappa shape index (κ3) is 4.74. The van der Waals surface area contributed by atoms with Crippen molar-refractivity contribution in [1.82, 2.24) is 15.5 Å². The lowest BCUT2D eigenvalue weighted by atomic mass is 9.93. The van der Waals surface area contributed by atoms with E-state index in [0.29, 0.717) is 12.8 Å². The Kier molecular flexibility index (Phi) is 5.59. The van der Waals surface area contributed by atoms with Gasteiger partial charge in [0.15, 0.2) is 0 Å². The number of ether oxygens (including phenoxy) is 1. The Morgan fingerprint density at radius 3 is 2.38 bits per heavy atom. The van der Waals surface area contributed by atoms with Gasteiger partial charge in [0.1, 0.15) is 17.8 Å². The highest BCUT2D eigenvalue weighted by atomic mass is 16.5. The predicted octanol–water partition coefficient (Wildman–Crippen LogP) is 1.85. The molecule has 7 nitrogen and oxygen atoms in total. The van der Waals surface area contributed by atoms with E-state index in [1.54, 1.807) is 14.0 Å². The summed E-state index contributed by atoms with van der Waals surface area (Å²) in [7, 11) is 1.60. The van der Waals surface area contributed by atoms with Gasteiger partial charge >= 0.3 is 6.03 Å². The largest absolute Gasteiger partial charge is 0.497 e. The molecule has 2 N–H and O–H groups in total. The molecule has 1 fully saturated rings. The van der Waals surface area contributed by atoms with Crippen molar-refractivity contribution in [3.63, 3.8) is 0 Å². The van der Waals surface area contributed by atoms with Crippen molar-refractivity contribution >= 4 is 17.8 Å². The number of carbonyl (C=O) groups excluding carboxylic acids is 3. The number of carbonyl (C=O) groups is 3. The topological polar surface area (TPSA) is 87.7 Å². The molecule has 4 amide bonds. The van der Waals surface area contributed by atoms with E-state index in [0.717, 1.165) is 16.2 Å². The molecule has 0 bridgehead atoms. The van der Waals surface area contributed by atoms with Crippen molar-refractivity contribution in [2.45, 2.75) is 51.6 Å². The van der Waals surface area contributed by atoms with Crippen molar-refractivity contribution in [1.29, 1.82) is 0 Å². The normalized spacial score (nSPS) is 20.1. The van der Waals surface area contributed by atoms with E-state index in [4.69, 9.17) is 4.74 Å². The Hall–Kier alpha value is -2.57. The Balaban J connectivity index is 1.99. The SMILES string of the molecule is COc1ccc(CC[C@@]2(C)NC(=O)N(CC(=O)NC(C)(C)C)C2=O)cc1. The van der Waals surface area contributed by atoms with Gasteiger partial charge in [0, 0.05) is 5.54 Å². The van der Waals surface area contributed by atoms with Crippen LogP contribution in [0.15, 0.2) is 24.3 Å². The maximum Gasteiger partial charge on any atom is 0.325 e. The molecular weight excluding hydrogens is 334 g/mol. The van der Waals surface area contributed by atoms with Crippen LogP contribution in [0.3, 0.4) is 0 Å². The summed E-state index contributed by atoms with van der Waals surface area (Å²) in [5.74, 6) is 0.0294. The van der Waals surface area contributed by atoms with E-state index in [-0.39, 0.29) is 18.4 Å². The summed E-state index contributed by atoms with van der Waals surface area (Å²) >= 11 is 0. The van der Waals surface area contributed by atoms with Gasteiger partial charge in [-0.2, -0.15) is 0 Å². The van der Waals surface area contributed by atoms with E-state index < -0.39 is 17.1 Å². The standard InChI is InChI=1S/C19H27N3O4/c1-18(2,3)20-15(23)12-22-16(24)19(4,21-17(22)25)11-10-13-6-8-14(26-5)9-7-13/h6-9H,10-12H2,1-5H3,(H,20,23)(H,21,25)/t19-/m1/s1. The average Bonchev–Trinajstić information content (AvgIpc) is 2.75. The van der Waals surface area contributed by atoms with Crippen LogP contribution in [0.4, 0.5) is 4.79 Å². The lowest BCUT2D eigenvalue weighted by Crippen LogP contribution is -2.48. The van der Waals surface area contributed by atoms with Gasteiger partial charge in [-0.15, -0.1) is 0 Å². The zero-order valence-corrected chi connectivity index (χ0v) is 16.0. The van der Waals surface area contributed by atoms with Crippen LogP contribution in [0.5, 0.6) is 5.75 Å². The quantitative estimate of drug-likeness (QED) is 0.757. The zero-order valence-electron chi connectivity index (χ0n) is 16.0. The van der Waals surface area contributed by atoms with Crippen LogP contribution in [0, 0.1) is 0 Å². The van der Waals surface area contributed by atoms with Crippen molar-refractivity contribution in [3.05, 3.63) is 29.8 Å². The van der Waals surface area contributed by atoms with Crippen LogP contribution < -0.4 is 15.4 Å². The van der Waals surface area contributed by atoms with Crippen molar-refractivity contribution in [2.75, 3.05) is 13.7 Å². The summed E-state index contributed by atoms with van der Waals surface area (Å²) in [6.07, 6.45) is 1.07. The van der Waals surface area contributed by atoms with Gasteiger partial charge in [0.25, 0.3) is 5.91 Å². The molecular formula is C19H27N3O4. The number of imide groups is 1. The number of hydrogen-bond donors (Lipinski definition) is 2. The first-order valence-electron chi connectivity index (χ1n) is 8.62. The van der Waals surface area contributed by atoms with Crippen molar-refractivity contribution in [2.24, 2.45) is 0 Å². The van der Waals surface area contributed by atoms with Gasteiger partial charge in [-0.3, -0.25) is 14.5 Å². The maximum absolute atomic E-state index is 12.7. The van der Waals surface area contributed by atoms with Crippen LogP contribution in [0.1, 0.15) is 39.7 Å². The molecule has 2 rings (SSSR count). The summed E-state index contributed by atoms with van der Waals surface area (Å²) in [5.41, 5.74) is -0.398. The Labute approximate surface area is 154 Å². The molecule has 0 radical (unpaired) electrons. The van der Waals surface area contributed by atoms with Crippen LogP contribution in [0.25, 0.3) is 0 Å². The molecule has 26 heavy (non-hydrogen) atoms. The van der Waals surface area contributed by atoms with Crippen LogP contribution in [-0.2, 0) is 16.0 Å². The molecule has 1 atom stereocenters. The first-order valence-corrected chi connectivity index (χ1v) is 8.62. The first kappa shape index (κ1) is 19.8. The third-order valence-corrected chi connectivity index (χ3v) is 4.23. The fraction of sp³-hybridized carbons (Fsp3) is 0.526. The minimum atomic E-state index is -1.01. The summed E-state index contributed by atoms with van der Waals surface area (Å²) in [6.45, 7) is 6.94. The van der Waals surface area contributed by atoms with Gasteiger partial charge in [-0.05, 0) is 58.2 Å². The molecule has 0 saturated carbocycles. The minimum Gasteiger partial charge on any atom is -0.497 e. The van der Waals surface area contributed by atoms with Crippen molar-refractivity contribution < 1.29 is 19.1 Å². The third-order valence-electron chi connectivity index (χ3n) is 4.23. The van der Waals surface area contributed by atoms with Crippen LogP contribution >= 0.6 is 0 Å². The lowest BCUT2D eigenvalue weighted by molar-refractivity contribution is -0.135. The summed E-state index contributed by atoms with van der Waals surface area (Å²) in [6, 6.07) is 7.04. The Bertz CT molecular complexity index is 694. The number of hydrogen-bond acceptors (Lipinski definition) is 4. The molecule has 1 saturated heterocycles. The van der Waals surface area contributed by atoms with E-state index in [2.05, 4.69) is 10.6 Å². The number of urea groups is 1. The molecule has 0 aromatic heterocycles. The molecule has 0 spiro atoms. The van der Waals surface area contributed by atoms with E-state index in [1.165, 1.54) is 0 Å². The number of methoxy groups -OCH3 is 1. The monoisotopic (exact) mass is 361 g/mol. The number of aryl methyl sites for hydroxylation is 1. The highest BCUT2D eigenvalue weighted by Crippen LogP contribution is 2.24. The average molecular weight is 361 g/mol. The second-order valence-corrected chi connectivity index (χ2v) is 7.80. The van der Waals surface area contributed by atoms with Crippen molar-refractivity contribution in [3.8, 4) is 5.75 Å². The second kappa shape index (κ2) is 7.35. The molecule has 1 aromatic carbocycles. The fourth-order valence-corrected chi connectivity index (χ4v) is 2.85. The number of benzene rings is 1. The highest BCUT2D eigenvalue weighted by molar-refractivity contribution is 6.08.